The molecule has 56 valence electrons. The predicted molar refractivity (Wildman–Crippen MR) is 42.7 cm³/mol. The Kier molecular flexibility index (Phi) is 1.66. The lowest BCUT2D eigenvalue weighted by Crippen LogP contribution is -2.08. The fourth-order valence-electron chi connectivity index (χ4n) is 1.65. The molecule has 0 radical (unpaired) electrons. The van der Waals surface area contributed by atoms with E-state index in [0.717, 1.165) is 0 Å². The highest BCUT2D eigenvalue weighted by atomic mass is 14.9. The summed E-state index contributed by atoms with van der Waals surface area (Å²) in [5.41, 5.74) is 3.28. The van der Waals surface area contributed by atoms with Gasteiger partial charge in [0.25, 0.3) is 0 Å². The molecule has 0 fully saturated rings. The minimum absolute atomic E-state index is 1.22. The molecule has 10 heavy (non-hydrogen) atoms. The molecule has 0 unspecified atom stereocenters. The van der Waals surface area contributed by atoms with Crippen molar-refractivity contribution in [1.29, 1.82) is 0 Å². The Bertz CT molecular complexity index is 142. The molecule has 0 spiro atoms. The topological polar surface area (TPSA) is 12.0 Å². The van der Waals surface area contributed by atoms with Crippen LogP contribution in [0.3, 0.4) is 0 Å². The van der Waals surface area contributed by atoms with Gasteiger partial charge in [-0.3, -0.25) is 0 Å². The van der Waals surface area contributed by atoms with E-state index in [0.29, 0.717) is 0 Å². The molecule has 0 aromatic rings. The lowest BCUT2D eigenvalue weighted by atomic mass is 10.1. The van der Waals surface area contributed by atoms with E-state index in [1.807, 2.05) is 0 Å². The molecule has 0 aromatic carbocycles. The molecule has 1 aliphatic carbocycles. The van der Waals surface area contributed by atoms with Crippen molar-refractivity contribution in [2.45, 2.75) is 38.5 Å². The third kappa shape index (κ3) is 1.34. The van der Waals surface area contributed by atoms with E-state index in [4.69, 9.17) is 0 Å². The summed E-state index contributed by atoms with van der Waals surface area (Å²) in [6.07, 6.45) is 8.35. The van der Waals surface area contributed by atoms with Gasteiger partial charge >= 0.3 is 0 Å². The molecule has 2 aliphatic rings. The molecule has 0 aromatic heterocycles. The van der Waals surface area contributed by atoms with Crippen LogP contribution in [0.5, 0.6) is 0 Å². The van der Waals surface area contributed by atoms with Crippen LogP contribution < -0.4 is 5.32 Å². The molecule has 0 amide bonds. The van der Waals surface area contributed by atoms with Crippen LogP contribution in [-0.4, -0.2) is 6.54 Å². The normalized spacial score (nSPS) is 25.6. The largest absolute Gasteiger partial charge is 0.388 e. The van der Waals surface area contributed by atoms with Crippen molar-refractivity contribution in [3.05, 3.63) is 11.3 Å². The first-order chi connectivity index (χ1) is 4.97. The van der Waals surface area contributed by atoms with Gasteiger partial charge in [0.05, 0.1) is 0 Å². The molecule has 2 rings (SSSR count). The van der Waals surface area contributed by atoms with Gasteiger partial charge in [-0.2, -0.15) is 0 Å². The van der Waals surface area contributed by atoms with Crippen molar-refractivity contribution in [1.82, 2.24) is 5.32 Å². The van der Waals surface area contributed by atoms with Crippen LogP contribution in [0, 0.1) is 0 Å². The predicted octanol–water partition coefficient (Wildman–Crippen LogP) is 2.20. The van der Waals surface area contributed by atoms with E-state index in [1.165, 1.54) is 45.1 Å². The molecule has 0 bridgehead atoms. The average molecular weight is 137 g/mol. The maximum Gasteiger partial charge on any atom is 0.0144 e. The fourth-order valence-corrected chi connectivity index (χ4v) is 1.65. The Morgan fingerprint density at radius 2 is 1.90 bits per heavy atom. The molecule has 1 nitrogen and oxygen atoms in total. The minimum atomic E-state index is 1.22. The lowest BCUT2D eigenvalue weighted by molar-refractivity contribution is 0.626. The van der Waals surface area contributed by atoms with Crippen LogP contribution in [0.15, 0.2) is 11.3 Å². The average Bonchev–Trinajstić information content (AvgIpc) is 2.66. The van der Waals surface area contributed by atoms with Crippen molar-refractivity contribution in [3.8, 4) is 0 Å². The summed E-state index contributed by atoms with van der Waals surface area (Å²) in [4.78, 5) is 0. The van der Waals surface area contributed by atoms with Crippen molar-refractivity contribution >= 4 is 0 Å². The van der Waals surface area contributed by atoms with Gasteiger partial charge in [0.15, 0.2) is 0 Å². The van der Waals surface area contributed by atoms with Gasteiger partial charge < -0.3 is 5.32 Å². The van der Waals surface area contributed by atoms with Gasteiger partial charge in [0.1, 0.15) is 0 Å². The highest BCUT2D eigenvalue weighted by molar-refractivity contribution is 5.33. The van der Waals surface area contributed by atoms with E-state index in [2.05, 4.69) is 5.32 Å². The fraction of sp³-hybridized carbons (Fsp3) is 0.778. The maximum absolute atomic E-state index is 3.48. The summed E-state index contributed by atoms with van der Waals surface area (Å²) in [7, 11) is 0. The second-order valence-electron chi connectivity index (χ2n) is 3.35. The molecule has 1 aliphatic heterocycles. The molecule has 1 heterocycles. The molecule has 1 heteroatoms. The van der Waals surface area contributed by atoms with E-state index in [9.17, 15) is 0 Å². The summed E-state index contributed by atoms with van der Waals surface area (Å²) in [6.45, 7) is 1.22. The molecule has 0 saturated heterocycles. The van der Waals surface area contributed by atoms with E-state index in [-0.39, 0.29) is 0 Å². The summed E-state index contributed by atoms with van der Waals surface area (Å²) in [5, 5.41) is 3.48. The smallest absolute Gasteiger partial charge is 0.0144 e. The van der Waals surface area contributed by atoms with Crippen LogP contribution in [0.1, 0.15) is 38.5 Å². The van der Waals surface area contributed by atoms with Gasteiger partial charge in [-0.1, -0.05) is 12.8 Å². The first kappa shape index (κ1) is 6.26. The molecular formula is C9H15N. The second-order valence-corrected chi connectivity index (χ2v) is 3.35. The Labute approximate surface area is 62.5 Å². The van der Waals surface area contributed by atoms with Crippen molar-refractivity contribution in [2.24, 2.45) is 0 Å². The van der Waals surface area contributed by atoms with Gasteiger partial charge in [0.2, 0.25) is 0 Å². The second kappa shape index (κ2) is 2.65. The molecule has 1 N–H and O–H groups in total. The third-order valence-corrected chi connectivity index (χ3v) is 2.44. The van der Waals surface area contributed by atoms with Crippen LogP contribution in [-0.2, 0) is 0 Å². The van der Waals surface area contributed by atoms with Gasteiger partial charge in [-0.25, -0.2) is 0 Å². The number of hydrogen-bond donors (Lipinski definition) is 1. The van der Waals surface area contributed by atoms with Gasteiger partial charge in [-0.15, -0.1) is 0 Å². The van der Waals surface area contributed by atoms with E-state index < -0.39 is 0 Å². The van der Waals surface area contributed by atoms with Crippen LogP contribution in [0.2, 0.25) is 0 Å². The Morgan fingerprint density at radius 1 is 1.00 bits per heavy atom. The summed E-state index contributed by atoms with van der Waals surface area (Å²) in [5.74, 6) is 0. The van der Waals surface area contributed by atoms with E-state index >= 15 is 0 Å². The monoisotopic (exact) mass is 137 g/mol. The number of hydrogen-bond acceptors (Lipinski definition) is 1. The zero-order valence-electron chi connectivity index (χ0n) is 6.45. The SMILES string of the molecule is C1CCCC2=C(C2)NCC1. The zero-order chi connectivity index (χ0) is 6.81. The number of nitrogens with one attached hydrogen (secondary N) is 1. The summed E-state index contributed by atoms with van der Waals surface area (Å²) in [6, 6.07) is 0. The lowest BCUT2D eigenvalue weighted by Gasteiger charge is -1.99. The minimum Gasteiger partial charge on any atom is -0.388 e. The number of allylic oxidation sites excluding steroid dienone is 2. The maximum atomic E-state index is 3.48. The Morgan fingerprint density at radius 3 is 2.90 bits per heavy atom. The summed E-state index contributed by atoms with van der Waals surface area (Å²) >= 11 is 0. The zero-order valence-corrected chi connectivity index (χ0v) is 6.45. The van der Waals surface area contributed by atoms with Gasteiger partial charge in [-0.05, 0) is 24.8 Å². The van der Waals surface area contributed by atoms with Crippen LogP contribution in [0.4, 0.5) is 0 Å². The van der Waals surface area contributed by atoms with Crippen molar-refractivity contribution in [2.75, 3.05) is 6.54 Å². The highest BCUT2D eigenvalue weighted by Gasteiger charge is 2.20. The van der Waals surface area contributed by atoms with E-state index in [1.54, 1.807) is 11.3 Å². The highest BCUT2D eigenvalue weighted by Crippen LogP contribution is 2.33. The molecular weight excluding hydrogens is 122 g/mol. The van der Waals surface area contributed by atoms with Crippen LogP contribution in [0.25, 0.3) is 0 Å². The standard InChI is InChI=1S/C9H15N/c1-2-4-6-10-9-7-8(9)5-3-1/h10H,1-7H2. The van der Waals surface area contributed by atoms with Crippen LogP contribution >= 0.6 is 0 Å². The summed E-state index contributed by atoms with van der Waals surface area (Å²) < 4.78 is 0. The first-order valence-electron chi connectivity index (χ1n) is 4.41. The van der Waals surface area contributed by atoms with Gasteiger partial charge in [0, 0.05) is 18.7 Å². The van der Waals surface area contributed by atoms with Crippen molar-refractivity contribution in [3.63, 3.8) is 0 Å². The number of rotatable bonds is 0. The van der Waals surface area contributed by atoms with Crippen molar-refractivity contribution < 1.29 is 0 Å². The Hall–Kier alpha value is -0.460. The third-order valence-electron chi connectivity index (χ3n) is 2.44. The Balaban J connectivity index is 1.87. The quantitative estimate of drug-likeness (QED) is 0.539. The molecule has 0 atom stereocenters. The first-order valence-corrected chi connectivity index (χ1v) is 4.41. The molecule has 0 saturated carbocycles.